The lowest BCUT2D eigenvalue weighted by Gasteiger charge is -2.34. The summed E-state index contributed by atoms with van der Waals surface area (Å²) in [6.07, 6.45) is 6.12. The summed E-state index contributed by atoms with van der Waals surface area (Å²) < 4.78 is 27.5. The monoisotopic (exact) mass is 471 g/mol. The maximum absolute atomic E-state index is 14.0. The number of nitriles is 1. The van der Waals surface area contributed by atoms with Gasteiger partial charge in [-0.3, -0.25) is 14.5 Å². The van der Waals surface area contributed by atoms with Crippen LogP contribution in [0, 0.1) is 28.9 Å². The molecule has 1 aliphatic carbocycles. The summed E-state index contributed by atoms with van der Waals surface area (Å²) in [7, 11) is 0. The molecular formula is C25H27F2N3O2S. The minimum absolute atomic E-state index is 0.177. The molecule has 8 heteroatoms. The molecule has 1 aromatic carbocycles. The van der Waals surface area contributed by atoms with Gasteiger partial charge in [-0.1, -0.05) is 6.42 Å². The zero-order valence-electron chi connectivity index (χ0n) is 18.6. The number of carbonyl (C=O) groups excluding carboxylic acids is 2. The molecule has 5 nitrogen and oxygen atoms in total. The van der Waals surface area contributed by atoms with E-state index in [0.29, 0.717) is 36.5 Å². The molecular weight excluding hydrogens is 444 g/mol. The van der Waals surface area contributed by atoms with Crippen molar-refractivity contribution in [1.82, 2.24) is 4.90 Å². The Morgan fingerprint density at radius 2 is 1.91 bits per heavy atom. The Balaban J connectivity index is 1.38. The Hall–Kier alpha value is -2.63. The van der Waals surface area contributed by atoms with Gasteiger partial charge in [0.25, 0.3) is 0 Å². The van der Waals surface area contributed by atoms with Crippen molar-refractivity contribution in [1.29, 1.82) is 5.26 Å². The summed E-state index contributed by atoms with van der Waals surface area (Å²) in [6, 6.07) is 4.78. The molecule has 0 spiro atoms. The van der Waals surface area contributed by atoms with Gasteiger partial charge in [-0.15, -0.1) is 11.3 Å². The van der Waals surface area contributed by atoms with Crippen LogP contribution < -0.4 is 5.32 Å². The number of nitrogens with zero attached hydrogens (tertiary/aromatic N) is 2. The van der Waals surface area contributed by atoms with E-state index in [-0.39, 0.29) is 17.3 Å². The second-order valence-electron chi connectivity index (χ2n) is 8.84. The summed E-state index contributed by atoms with van der Waals surface area (Å²) >= 11 is 1.51. The number of hydrogen-bond acceptors (Lipinski definition) is 5. The SMILES string of the molecule is CC(C(=O)Nc1sc2c(c1C#N)CCCCC2)N1CCC(C(=O)c2cc(F)ccc2F)CC1. The fourth-order valence-electron chi connectivity index (χ4n) is 4.79. The number of ketones is 1. The van der Waals surface area contributed by atoms with Gasteiger partial charge in [0, 0.05) is 10.8 Å². The van der Waals surface area contributed by atoms with E-state index in [1.54, 1.807) is 0 Å². The van der Waals surface area contributed by atoms with Gasteiger partial charge < -0.3 is 5.32 Å². The summed E-state index contributed by atoms with van der Waals surface area (Å²) in [5.41, 5.74) is 1.48. The van der Waals surface area contributed by atoms with Crippen LogP contribution in [0.5, 0.6) is 0 Å². The van der Waals surface area contributed by atoms with Crippen molar-refractivity contribution < 1.29 is 18.4 Å². The Morgan fingerprint density at radius 1 is 1.18 bits per heavy atom. The molecule has 1 atom stereocenters. The molecule has 2 heterocycles. The molecule has 4 rings (SSSR count). The smallest absolute Gasteiger partial charge is 0.242 e. The predicted molar refractivity (Wildman–Crippen MR) is 123 cm³/mol. The van der Waals surface area contributed by atoms with Crippen molar-refractivity contribution in [2.75, 3.05) is 18.4 Å². The highest BCUT2D eigenvalue weighted by molar-refractivity contribution is 7.16. The molecule has 1 amide bonds. The van der Waals surface area contributed by atoms with E-state index in [2.05, 4.69) is 11.4 Å². The fraction of sp³-hybridized carbons (Fsp3) is 0.480. The van der Waals surface area contributed by atoms with Gasteiger partial charge in [0.05, 0.1) is 17.2 Å². The van der Waals surface area contributed by atoms with Gasteiger partial charge in [-0.05, 0) is 82.3 Å². The van der Waals surface area contributed by atoms with Crippen molar-refractivity contribution in [3.63, 3.8) is 0 Å². The van der Waals surface area contributed by atoms with Crippen molar-refractivity contribution in [2.24, 2.45) is 5.92 Å². The van der Waals surface area contributed by atoms with E-state index in [1.807, 2.05) is 11.8 Å². The van der Waals surface area contributed by atoms with Crippen LogP contribution >= 0.6 is 11.3 Å². The first-order valence-corrected chi connectivity index (χ1v) is 12.3. The average molecular weight is 472 g/mol. The first-order chi connectivity index (χ1) is 15.9. The molecule has 0 radical (unpaired) electrons. The molecule has 0 saturated carbocycles. The zero-order valence-corrected chi connectivity index (χ0v) is 19.4. The topological polar surface area (TPSA) is 73.2 Å². The maximum Gasteiger partial charge on any atom is 0.242 e. The Kier molecular flexibility index (Phi) is 7.20. The Labute approximate surface area is 196 Å². The molecule has 0 bridgehead atoms. The molecule has 2 aliphatic rings. The summed E-state index contributed by atoms with van der Waals surface area (Å²) in [4.78, 5) is 28.8. The van der Waals surface area contributed by atoms with Gasteiger partial charge >= 0.3 is 0 Å². The highest BCUT2D eigenvalue weighted by Crippen LogP contribution is 2.37. The number of nitrogens with one attached hydrogen (secondary N) is 1. The van der Waals surface area contributed by atoms with Crippen molar-refractivity contribution in [3.05, 3.63) is 51.4 Å². The number of piperidine rings is 1. The fourth-order valence-corrected chi connectivity index (χ4v) is 6.03. The third kappa shape index (κ3) is 4.99. The predicted octanol–water partition coefficient (Wildman–Crippen LogP) is 5.09. The first kappa shape index (κ1) is 23.5. The molecule has 2 aromatic rings. The van der Waals surface area contributed by atoms with Gasteiger partial charge in [0.15, 0.2) is 5.78 Å². The Morgan fingerprint density at radius 3 is 2.64 bits per heavy atom. The van der Waals surface area contributed by atoms with E-state index in [1.165, 1.54) is 16.2 Å². The molecule has 1 saturated heterocycles. The van der Waals surface area contributed by atoms with Crippen molar-refractivity contribution in [2.45, 2.75) is 57.9 Å². The molecule has 1 unspecified atom stereocenters. The minimum Gasteiger partial charge on any atom is -0.315 e. The number of Topliss-reactive ketones (excluding diaryl/α,β-unsaturated/α-hetero) is 1. The lowest BCUT2D eigenvalue weighted by Crippen LogP contribution is -2.47. The highest BCUT2D eigenvalue weighted by Gasteiger charge is 2.32. The lowest BCUT2D eigenvalue weighted by atomic mass is 9.88. The second kappa shape index (κ2) is 10.1. The van der Waals surface area contributed by atoms with Gasteiger partial charge in [0.2, 0.25) is 5.91 Å². The largest absolute Gasteiger partial charge is 0.315 e. The van der Waals surface area contributed by atoms with Crippen LogP contribution in [-0.4, -0.2) is 35.7 Å². The summed E-state index contributed by atoms with van der Waals surface area (Å²) in [5.74, 6) is -2.30. The quantitative estimate of drug-likeness (QED) is 0.487. The van der Waals surface area contributed by atoms with Gasteiger partial charge in [-0.2, -0.15) is 5.26 Å². The average Bonchev–Trinajstić information content (AvgIpc) is 2.98. The molecule has 1 fully saturated rings. The molecule has 174 valence electrons. The number of aryl methyl sites for hydroxylation is 1. The zero-order chi connectivity index (χ0) is 23.5. The third-order valence-corrected chi connectivity index (χ3v) is 8.00. The van der Waals surface area contributed by atoms with E-state index >= 15 is 0 Å². The van der Waals surface area contributed by atoms with Crippen LogP contribution in [0.2, 0.25) is 0 Å². The number of amides is 1. The molecule has 1 aromatic heterocycles. The van der Waals surface area contributed by atoms with Crippen molar-refractivity contribution >= 4 is 28.0 Å². The molecule has 1 N–H and O–H groups in total. The number of fused-ring (bicyclic) bond motifs is 1. The summed E-state index contributed by atoms with van der Waals surface area (Å²) in [6.45, 7) is 2.83. The van der Waals surface area contributed by atoms with Crippen LogP contribution in [0.3, 0.4) is 0 Å². The number of thiophene rings is 1. The number of benzene rings is 1. The highest BCUT2D eigenvalue weighted by atomic mass is 32.1. The number of carbonyl (C=O) groups is 2. The van der Waals surface area contributed by atoms with Crippen LogP contribution in [0.1, 0.15) is 65.4 Å². The van der Waals surface area contributed by atoms with Crippen molar-refractivity contribution in [3.8, 4) is 6.07 Å². The number of likely N-dealkylation sites (tertiary alicyclic amines) is 1. The second-order valence-corrected chi connectivity index (χ2v) is 9.95. The van der Waals surface area contributed by atoms with Gasteiger partial charge in [0.1, 0.15) is 22.7 Å². The third-order valence-electron chi connectivity index (χ3n) is 6.79. The van der Waals surface area contributed by atoms with Crippen LogP contribution in [0.15, 0.2) is 18.2 Å². The number of anilines is 1. The van der Waals surface area contributed by atoms with Gasteiger partial charge in [-0.25, -0.2) is 8.78 Å². The first-order valence-electron chi connectivity index (χ1n) is 11.5. The maximum atomic E-state index is 14.0. The van der Waals surface area contributed by atoms with E-state index in [9.17, 15) is 23.6 Å². The number of rotatable bonds is 5. The molecule has 1 aliphatic heterocycles. The Bertz CT molecular complexity index is 1100. The van der Waals surface area contributed by atoms with Crippen LogP contribution in [0.25, 0.3) is 0 Å². The number of halogens is 2. The van der Waals surface area contributed by atoms with Crippen LogP contribution in [-0.2, 0) is 17.6 Å². The van der Waals surface area contributed by atoms with E-state index in [0.717, 1.165) is 55.9 Å². The summed E-state index contributed by atoms with van der Waals surface area (Å²) in [5, 5.41) is 13.3. The minimum atomic E-state index is -0.709. The lowest BCUT2D eigenvalue weighted by molar-refractivity contribution is -0.121. The number of hydrogen-bond donors (Lipinski definition) is 1. The van der Waals surface area contributed by atoms with Crippen LogP contribution in [0.4, 0.5) is 13.8 Å². The standard InChI is InChI=1S/C25H27F2N3O2S/c1-15(24(32)29-25-20(14-28)18-5-3-2-4-6-22(18)33-25)30-11-9-16(10-12-30)23(31)19-13-17(26)7-8-21(19)27/h7-8,13,15-16H,2-6,9-12H2,1H3,(H,29,32). The van der Waals surface area contributed by atoms with E-state index < -0.39 is 23.6 Å². The van der Waals surface area contributed by atoms with E-state index in [4.69, 9.17) is 0 Å². The normalized spacial score (nSPS) is 18.1. The molecule has 33 heavy (non-hydrogen) atoms.